The van der Waals surface area contributed by atoms with E-state index >= 15 is 0 Å². The van der Waals surface area contributed by atoms with E-state index < -0.39 is 0 Å². The third kappa shape index (κ3) is 3.77. The van der Waals surface area contributed by atoms with Crippen molar-refractivity contribution in [3.63, 3.8) is 0 Å². The molecule has 4 heteroatoms. The smallest absolute Gasteiger partial charge is 0.124 e. The summed E-state index contributed by atoms with van der Waals surface area (Å²) in [5.41, 5.74) is 8.24. The zero-order valence-corrected chi connectivity index (χ0v) is 13.0. The van der Waals surface area contributed by atoms with Crippen LogP contribution in [0.25, 0.3) is 0 Å². The Morgan fingerprint density at radius 3 is 3.05 bits per heavy atom. The minimum Gasteiger partial charge on any atom is -0.494 e. The van der Waals surface area contributed by atoms with Crippen molar-refractivity contribution in [1.29, 1.82) is 0 Å². The van der Waals surface area contributed by atoms with E-state index in [0.717, 1.165) is 36.4 Å². The predicted molar refractivity (Wildman–Crippen MR) is 86.0 cm³/mol. The van der Waals surface area contributed by atoms with Crippen LogP contribution in [0.4, 0.5) is 0 Å². The highest BCUT2D eigenvalue weighted by molar-refractivity contribution is 5.50. The van der Waals surface area contributed by atoms with Gasteiger partial charge in [-0.05, 0) is 38.9 Å². The maximum Gasteiger partial charge on any atom is 0.124 e. The van der Waals surface area contributed by atoms with Gasteiger partial charge in [-0.1, -0.05) is 6.08 Å². The number of fused-ring (bicyclic) bond motifs is 1. The minimum atomic E-state index is 0.0660. The van der Waals surface area contributed by atoms with Gasteiger partial charge in [0.2, 0.25) is 0 Å². The summed E-state index contributed by atoms with van der Waals surface area (Å²) in [6.07, 6.45) is 3.98. The quantitative estimate of drug-likeness (QED) is 0.571. The number of ether oxygens (including phenoxy) is 2. The molecule has 0 aliphatic carbocycles. The molecule has 1 aliphatic heterocycles. The van der Waals surface area contributed by atoms with Crippen LogP contribution in [0.3, 0.4) is 0 Å². The van der Waals surface area contributed by atoms with Gasteiger partial charge in [-0.3, -0.25) is 0 Å². The van der Waals surface area contributed by atoms with E-state index in [9.17, 15) is 0 Å². The third-order valence-corrected chi connectivity index (χ3v) is 3.68. The molecule has 0 radical (unpaired) electrons. The first kappa shape index (κ1) is 15.9. The van der Waals surface area contributed by atoms with Gasteiger partial charge in [0.25, 0.3) is 0 Å². The first-order valence-electron chi connectivity index (χ1n) is 7.70. The highest BCUT2D eigenvalue weighted by Crippen LogP contribution is 2.37. The topological polar surface area (TPSA) is 56.5 Å². The van der Waals surface area contributed by atoms with Gasteiger partial charge in [0.1, 0.15) is 17.6 Å². The Bertz CT molecular complexity index is 488. The fourth-order valence-electron chi connectivity index (χ4n) is 2.69. The van der Waals surface area contributed by atoms with Crippen LogP contribution in [0, 0.1) is 0 Å². The zero-order chi connectivity index (χ0) is 15.2. The molecule has 2 rings (SSSR count). The van der Waals surface area contributed by atoms with Crippen molar-refractivity contribution in [2.24, 2.45) is 5.73 Å². The Balaban J connectivity index is 2.26. The van der Waals surface area contributed by atoms with Crippen molar-refractivity contribution in [3.05, 3.63) is 35.9 Å². The standard InChI is InChI=1S/C17H26N2O2/c1-4-6-7-19-15(11-18)14-10-16-13(8-12(3)21-16)9-17(14)20-5-2/h4,9-10,12,15,19H,1,5-8,11,18H2,2-3H3. The van der Waals surface area contributed by atoms with Gasteiger partial charge >= 0.3 is 0 Å². The summed E-state index contributed by atoms with van der Waals surface area (Å²) in [6, 6.07) is 4.26. The molecule has 1 aliphatic rings. The van der Waals surface area contributed by atoms with Crippen molar-refractivity contribution in [3.8, 4) is 11.5 Å². The summed E-state index contributed by atoms with van der Waals surface area (Å²) in [5, 5.41) is 3.46. The first-order chi connectivity index (χ1) is 10.2. The molecule has 0 spiro atoms. The Hall–Kier alpha value is -1.52. The molecule has 0 aromatic heterocycles. The largest absolute Gasteiger partial charge is 0.494 e. The second-order valence-corrected chi connectivity index (χ2v) is 5.38. The van der Waals surface area contributed by atoms with Crippen LogP contribution in [-0.2, 0) is 6.42 Å². The molecule has 21 heavy (non-hydrogen) atoms. The Kier molecular flexibility index (Phi) is 5.65. The fraction of sp³-hybridized carbons (Fsp3) is 0.529. The Labute approximate surface area is 127 Å². The van der Waals surface area contributed by atoms with Crippen LogP contribution < -0.4 is 20.5 Å². The Morgan fingerprint density at radius 1 is 1.57 bits per heavy atom. The molecule has 2 atom stereocenters. The monoisotopic (exact) mass is 290 g/mol. The van der Waals surface area contributed by atoms with E-state index in [1.54, 1.807) is 0 Å². The van der Waals surface area contributed by atoms with Crippen LogP contribution in [-0.4, -0.2) is 25.8 Å². The lowest BCUT2D eigenvalue weighted by Crippen LogP contribution is -2.29. The number of nitrogens with one attached hydrogen (secondary N) is 1. The number of rotatable bonds is 8. The second kappa shape index (κ2) is 7.48. The van der Waals surface area contributed by atoms with Gasteiger partial charge in [0.05, 0.1) is 6.61 Å². The number of nitrogens with two attached hydrogens (primary N) is 1. The highest BCUT2D eigenvalue weighted by Gasteiger charge is 2.24. The normalized spacial score (nSPS) is 18.0. The summed E-state index contributed by atoms with van der Waals surface area (Å²) < 4.78 is 11.7. The number of hydrogen-bond acceptors (Lipinski definition) is 4. The lowest BCUT2D eigenvalue weighted by Gasteiger charge is -2.21. The zero-order valence-electron chi connectivity index (χ0n) is 13.0. The number of hydrogen-bond donors (Lipinski definition) is 2. The predicted octanol–water partition coefficient (Wildman–Crippen LogP) is 2.57. The summed E-state index contributed by atoms with van der Waals surface area (Å²) in [6.45, 7) is 9.84. The maximum atomic E-state index is 5.94. The Morgan fingerprint density at radius 2 is 2.38 bits per heavy atom. The molecule has 1 aromatic rings. The van der Waals surface area contributed by atoms with Crippen molar-refractivity contribution in [1.82, 2.24) is 5.32 Å². The van der Waals surface area contributed by atoms with Gasteiger partial charge in [-0.2, -0.15) is 0 Å². The van der Waals surface area contributed by atoms with Crippen LogP contribution in [0.15, 0.2) is 24.8 Å². The van der Waals surface area contributed by atoms with Gasteiger partial charge in [-0.25, -0.2) is 0 Å². The summed E-state index contributed by atoms with van der Waals surface area (Å²) in [4.78, 5) is 0. The van der Waals surface area contributed by atoms with Crippen LogP contribution in [0.5, 0.6) is 11.5 Å². The highest BCUT2D eigenvalue weighted by atomic mass is 16.5. The molecule has 2 unspecified atom stereocenters. The third-order valence-electron chi connectivity index (χ3n) is 3.68. The molecule has 0 saturated carbocycles. The summed E-state index contributed by atoms with van der Waals surface area (Å²) >= 11 is 0. The minimum absolute atomic E-state index is 0.0660. The van der Waals surface area contributed by atoms with E-state index in [4.69, 9.17) is 15.2 Å². The molecule has 3 N–H and O–H groups in total. The molecular formula is C17H26N2O2. The second-order valence-electron chi connectivity index (χ2n) is 5.38. The molecule has 0 bridgehead atoms. The van der Waals surface area contributed by atoms with Crippen LogP contribution in [0.1, 0.15) is 37.4 Å². The van der Waals surface area contributed by atoms with Crippen molar-refractivity contribution in [2.45, 2.75) is 38.8 Å². The van der Waals surface area contributed by atoms with E-state index in [1.165, 1.54) is 5.56 Å². The maximum absolute atomic E-state index is 5.94. The lowest BCUT2D eigenvalue weighted by atomic mass is 10.0. The first-order valence-corrected chi connectivity index (χ1v) is 7.70. The molecule has 0 amide bonds. The lowest BCUT2D eigenvalue weighted by molar-refractivity contribution is 0.254. The molecule has 0 saturated heterocycles. The van der Waals surface area contributed by atoms with Crippen molar-refractivity contribution < 1.29 is 9.47 Å². The van der Waals surface area contributed by atoms with E-state index in [2.05, 4.69) is 31.0 Å². The van der Waals surface area contributed by atoms with Gasteiger partial charge in [0, 0.05) is 30.1 Å². The summed E-state index contributed by atoms with van der Waals surface area (Å²) in [7, 11) is 0. The van der Waals surface area contributed by atoms with Crippen LogP contribution >= 0.6 is 0 Å². The average molecular weight is 290 g/mol. The van der Waals surface area contributed by atoms with Gasteiger partial charge < -0.3 is 20.5 Å². The van der Waals surface area contributed by atoms with Crippen LogP contribution in [0.2, 0.25) is 0 Å². The number of benzene rings is 1. The van der Waals surface area contributed by atoms with Crippen molar-refractivity contribution in [2.75, 3.05) is 19.7 Å². The molecule has 1 heterocycles. The van der Waals surface area contributed by atoms with Crippen molar-refractivity contribution >= 4 is 0 Å². The molecule has 116 valence electrons. The fourth-order valence-corrected chi connectivity index (χ4v) is 2.69. The van der Waals surface area contributed by atoms with Gasteiger partial charge in [-0.15, -0.1) is 6.58 Å². The van der Waals surface area contributed by atoms with Gasteiger partial charge in [0.15, 0.2) is 0 Å². The molecule has 0 fully saturated rings. The average Bonchev–Trinajstić information content (AvgIpc) is 2.83. The molecule has 4 nitrogen and oxygen atoms in total. The van der Waals surface area contributed by atoms with E-state index in [0.29, 0.717) is 13.2 Å². The summed E-state index contributed by atoms with van der Waals surface area (Å²) in [5.74, 6) is 1.88. The SMILES string of the molecule is C=CCCNC(CN)c1cc2c(cc1OCC)CC(C)O2. The molecular weight excluding hydrogens is 264 g/mol. The van der Waals surface area contributed by atoms with E-state index in [1.807, 2.05) is 13.0 Å². The van der Waals surface area contributed by atoms with E-state index in [-0.39, 0.29) is 12.1 Å². The molecule has 1 aromatic carbocycles.